The predicted octanol–water partition coefficient (Wildman–Crippen LogP) is 0.845. The fourth-order valence-corrected chi connectivity index (χ4v) is 1.67. The van der Waals surface area contributed by atoms with E-state index in [1.807, 2.05) is 13.1 Å². The molecule has 5 nitrogen and oxygen atoms in total. The van der Waals surface area contributed by atoms with Crippen molar-refractivity contribution in [3.63, 3.8) is 0 Å². The fraction of sp³-hybridized carbons (Fsp3) is 0.273. The summed E-state index contributed by atoms with van der Waals surface area (Å²) in [5.74, 6) is 1.18. The Morgan fingerprint density at radius 3 is 2.56 bits per heavy atom. The minimum Gasteiger partial charge on any atom is -0.307 e. The van der Waals surface area contributed by atoms with Crippen LogP contribution in [0.4, 0.5) is 0 Å². The lowest BCUT2D eigenvalue weighted by atomic mass is 10.3. The van der Waals surface area contributed by atoms with Gasteiger partial charge in [0.25, 0.3) is 0 Å². The zero-order chi connectivity index (χ0) is 11.0. The SMILES string of the molecule is Cc1cnc(-c2ncc3c(n2)CNC3)nc1. The first-order valence-electron chi connectivity index (χ1n) is 5.17. The zero-order valence-electron chi connectivity index (χ0n) is 8.94. The molecule has 0 saturated heterocycles. The highest BCUT2D eigenvalue weighted by Crippen LogP contribution is 2.15. The second kappa shape index (κ2) is 3.61. The third-order valence-electron chi connectivity index (χ3n) is 2.54. The van der Waals surface area contributed by atoms with E-state index in [1.54, 1.807) is 12.4 Å². The second-order valence-electron chi connectivity index (χ2n) is 3.85. The largest absolute Gasteiger partial charge is 0.307 e. The molecule has 0 bridgehead atoms. The van der Waals surface area contributed by atoms with Gasteiger partial charge in [0.2, 0.25) is 0 Å². The summed E-state index contributed by atoms with van der Waals surface area (Å²) in [6, 6.07) is 0. The van der Waals surface area contributed by atoms with Gasteiger partial charge in [-0.3, -0.25) is 0 Å². The Bertz CT molecular complexity index is 520. The number of fused-ring (bicyclic) bond motifs is 1. The van der Waals surface area contributed by atoms with Crippen LogP contribution in [-0.2, 0) is 13.1 Å². The van der Waals surface area contributed by atoms with Gasteiger partial charge in [-0.1, -0.05) is 0 Å². The molecule has 0 fully saturated rings. The molecule has 1 aliphatic heterocycles. The van der Waals surface area contributed by atoms with Crippen LogP contribution in [0, 0.1) is 6.92 Å². The molecule has 0 aliphatic carbocycles. The number of nitrogens with zero attached hydrogens (tertiary/aromatic N) is 4. The van der Waals surface area contributed by atoms with Crippen LogP contribution in [0.5, 0.6) is 0 Å². The summed E-state index contributed by atoms with van der Waals surface area (Å²) in [5.41, 5.74) is 3.25. The highest BCUT2D eigenvalue weighted by Gasteiger charge is 2.14. The molecule has 0 spiro atoms. The standard InChI is InChI=1S/C11H11N5/c1-7-2-13-10(14-3-7)11-15-5-8-4-12-6-9(8)16-11/h2-3,5,12H,4,6H2,1H3. The van der Waals surface area contributed by atoms with E-state index in [0.717, 1.165) is 29.9 Å². The van der Waals surface area contributed by atoms with Gasteiger partial charge < -0.3 is 5.32 Å². The lowest BCUT2D eigenvalue weighted by molar-refractivity contribution is 0.758. The van der Waals surface area contributed by atoms with Crippen LogP contribution in [0.3, 0.4) is 0 Å². The summed E-state index contributed by atoms with van der Waals surface area (Å²) in [6.45, 7) is 3.61. The maximum Gasteiger partial charge on any atom is 0.197 e. The molecule has 80 valence electrons. The van der Waals surface area contributed by atoms with Crippen molar-refractivity contribution in [2.45, 2.75) is 20.0 Å². The molecular weight excluding hydrogens is 202 g/mol. The van der Waals surface area contributed by atoms with Crippen LogP contribution in [0.2, 0.25) is 0 Å². The summed E-state index contributed by atoms with van der Waals surface area (Å²) in [7, 11) is 0. The molecule has 2 aromatic rings. The Morgan fingerprint density at radius 1 is 1.00 bits per heavy atom. The molecular formula is C11H11N5. The topological polar surface area (TPSA) is 63.6 Å². The van der Waals surface area contributed by atoms with Gasteiger partial charge in [0.05, 0.1) is 5.69 Å². The van der Waals surface area contributed by atoms with E-state index in [1.165, 1.54) is 0 Å². The van der Waals surface area contributed by atoms with Crippen molar-refractivity contribution in [1.82, 2.24) is 25.3 Å². The maximum absolute atomic E-state index is 4.45. The van der Waals surface area contributed by atoms with Crippen LogP contribution in [0.15, 0.2) is 18.6 Å². The smallest absolute Gasteiger partial charge is 0.197 e. The van der Waals surface area contributed by atoms with Gasteiger partial charge in [-0.15, -0.1) is 0 Å². The number of aromatic nitrogens is 4. The molecule has 1 N–H and O–H groups in total. The number of nitrogens with one attached hydrogen (secondary N) is 1. The molecule has 1 aliphatic rings. The van der Waals surface area contributed by atoms with Crippen molar-refractivity contribution < 1.29 is 0 Å². The van der Waals surface area contributed by atoms with E-state index in [4.69, 9.17) is 0 Å². The minimum absolute atomic E-state index is 0.584. The number of rotatable bonds is 1. The molecule has 0 amide bonds. The van der Waals surface area contributed by atoms with Crippen molar-refractivity contribution in [2.24, 2.45) is 0 Å². The Hall–Kier alpha value is -1.88. The molecule has 0 unspecified atom stereocenters. The molecule has 3 rings (SSSR count). The monoisotopic (exact) mass is 213 g/mol. The van der Waals surface area contributed by atoms with Gasteiger partial charge in [-0.25, -0.2) is 19.9 Å². The third-order valence-corrected chi connectivity index (χ3v) is 2.54. The average molecular weight is 213 g/mol. The fourth-order valence-electron chi connectivity index (χ4n) is 1.67. The van der Waals surface area contributed by atoms with Gasteiger partial charge >= 0.3 is 0 Å². The maximum atomic E-state index is 4.45. The predicted molar refractivity (Wildman–Crippen MR) is 58.3 cm³/mol. The van der Waals surface area contributed by atoms with E-state index in [-0.39, 0.29) is 0 Å². The molecule has 0 saturated carbocycles. The minimum atomic E-state index is 0.584. The van der Waals surface area contributed by atoms with Crippen LogP contribution in [0.1, 0.15) is 16.8 Å². The molecule has 3 heterocycles. The Labute approximate surface area is 93.0 Å². The Balaban J connectivity index is 2.03. The number of hydrogen-bond donors (Lipinski definition) is 1. The Kier molecular flexibility index (Phi) is 2.11. The summed E-state index contributed by atoms with van der Waals surface area (Å²) >= 11 is 0. The van der Waals surface area contributed by atoms with Crippen molar-refractivity contribution in [3.8, 4) is 11.6 Å². The number of aryl methyl sites for hydroxylation is 1. The van der Waals surface area contributed by atoms with E-state index < -0.39 is 0 Å². The van der Waals surface area contributed by atoms with Crippen molar-refractivity contribution in [3.05, 3.63) is 35.4 Å². The average Bonchev–Trinajstić information content (AvgIpc) is 2.77. The Morgan fingerprint density at radius 2 is 1.75 bits per heavy atom. The van der Waals surface area contributed by atoms with Crippen LogP contribution in [-0.4, -0.2) is 19.9 Å². The third kappa shape index (κ3) is 1.55. The first kappa shape index (κ1) is 9.35. The molecule has 0 aromatic carbocycles. The molecule has 0 atom stereocenters. The molecule has 16 heavy (non-hydrogen) atoms. The van der Waals surface area contributed by atoms with Crippen molar-refractivity contribution >= 4 is 0 Å². The highest BCUT2D eigenvalue weighted by molar-refractivity contribution is 5.43. The normalized spacial score (nSPS) is 13.8. The zero-order valence-corrected chi connectivity index (χ0v) is 8.94. The summed E-state index contributed by atoms with van der Waals surface area (Å²) < 4.78 is 0. The van der Waals surface area contributed by atoms with Crippen LogP contribution >= 0.6 is 0 Å². The first-order valence-corrected chi connectivity index (χ1v) is 5.17. The lowest BCUT2D eigenvalue weighted by Gasteiger charge is -2.01. The summed E-state index contributed by atoms with van der Waals surface area (Å²) in [5, 5.41) is 3.23. The van der Waals surface area contributed by atoms with Crippen molar-refractivity contribution in [1.29, 1.82) is 0 Å². The molecule has 2 aromatic heterocycles. The van der Waals surface area contributed by atoms with Gasteiger partial charge in [-0.2, -0.15) is 0 Å². The van der Waals surface area contributed by atoms with E-state index >= 15 is 0 Å². The van der Waals surface area contributed by atoms with Gasteiger partial charge in [-0.05, 0) is 12.5 Å². The lowest BCUT2D eigenvalue weighted by Crippen LogP contribution is -2.01. The van der Waals surface area contributed by atoms with Gasteiger partial charge in [0.15, 0.2) is 11.6 Å². The van der Waals surface area contributed by atoms with E-state index in [2.05, 4.69) is 25.3 Å². The van der Waals surface area contributed by atoms with Crippen LogP contribution in [0.25, 0.3) is 11.6 Å². The van der Waals surface area contributed by atoms with Crippen LogP contribution < -0.4 is 5.32 Å². The quantitative estimate of drug-likeness (QED) is 0.760. The summed E-state index contributed by atoms with van der Waals surface area (Å²) in [4.78, 5) is 17.2. The van der Waals surface area contributed by atoms with Crippen molar-refractivity contribution in [2.75, 3.05) is 0 Å². The highest BCUT2D eigenvalue weighted by atomic mass is 15.0. The number of hydrogen-bond acceptors (Lipinski definition) is 5. The molecule has 0 radical (unpaired) electrons. The van der Waals surface area contributed by atoms with Gasteiger partial charge in [0, 0.05) is 37.2 Å². The van der Waals surface area contributed by atoms with E-state index in [0.29, 0.717) is 11.6 Å². The second-order valence-corrected chi connectivity index (χ2v) is 3.85. The molecule has 5 heteroatoms. The summed E-state index contributed by atoms with van der Waals surface area (Å²) in [6.07, 6.45) is 5.40. The van der Waals surface area contributed by atoms with Gasteiger partial charge in [0.1, 0.15) is 0 Å². The first-order chi connectivity index (χ1) is 7.83. The van der Waals surface area contributed by atoms with E-state index in [9.17, 15) is 0 Å².